The maximum atomic E-state index is 12.2. The van der Waals surface area contributed by atoms with E-state index in [0.717, 1.165) is 17.9 Å². The zero-order valence-electron chi connectivity index (χ0n) is 17.6. The van der Waals surface area contributed by atoms with Crippen LogP contribution in [-0.4, -0.2) is 31.0 Å². The fourth-order valence-corrected chi connectivity index (χ4v) is 2.47. The van der Waals surface area contributed by atoms with E-state index in [-0.39, 0.29) is 24.4 Å². The van der Waals surface area contributed by atoms with Crippen molar-refractivity contribution in [2.45, 2.75) is 40.2 Å². The van der Waals surface area contributed by atoms with Gasteiger partial charge in [0.1, 0.15) is 5.75 Å². The highest BCUT2D eigenvalue weighted by Gasteiger charge is 2.10. The Labute approximate surface area is 173 Å². The molecule has 6 nitrogen and oxygen atoms in total. The van der Waals surface area contributed by atoms with Crippen LogP contribution in [0.1, 0.15) is 44.5 Å². The number of anilines is 2. The third-order valence-corrected chi connectivity index (χ3v) is 4.29. The fraction of sp³-hybridized carbons (Fsp3) is 0.391. The SMILES string of the molecule is CCC(C)NC(=O)c1cccc(NC(=O)CNc2ccc(OCC(C)C)cc2)c1. The van der Waals surface area contributed by atoms with E-state index in [9.17, 15) is 9.59 Å². The van der Waals surface area contributed by atoms with Gasteiger partial charge >= 0.3 is 0 Å². The molecule has 0 bridgehead atoms. The third kappa shape index (κ3) is 7.86. The van der Waals surface area contributed by atoms with Gasteiger partial charge in [-0.2, -0.15) is 0 Å². The van der Waals surface area contributed by atoms with E-state index >= 15 is 0 Å². The van der Waals surface area contributed by atoms with Gasteiger partial charge in [-0.05, 0) is 61.7 Å². The first-order chi connectivity index (χ1) is 13.9. The van der Waals surface area contributed by atoms with Gasteiger partial charge in [-0.25, -0.2) is 0 Å². The molecule has 0 aliphatic rings. The summed E-state index contributed by atoms with van der Waals surface area (Å²) >= 11 is 0. The summed E-state index contributed by atoms with van der Waals surface area (Å²) < 4.78 is 5.65. The van der Waals surface area contributed by atoms with Crippen molar-refractivity contribution in [1.29, 1.82) is 0 Å². The largest absolute Gasteiger partial charge is 0.493 e. The predicted octanol–water partition coefficient (Wildman–Crippen LogP) is 4.30. The third-order valence-electron chi connectivity index (χ3n) is 4.29. The first-order valence-electron chi connectivity index (χ1n) is 10.0. The van der Waals surface area contributed by atoms with Crippen LogP contribution in [0.5, 0.6) is 5.75 Å². The molecule has 0 saturated heterocycles. The molecule has 3 N–H and O–H groups in total. The smallest absolute Gasteiger partial charge is 0.251 e. The molecule has 0 aliphatic carbocycles. The zero-order valence-corrected chi connectivity index (χ0v) is 17.6. The van der Waals surface area contributed by atoms with Crippen LogP contribution in [0, 0.1) is 5.92 Å². The highest BCUT2D eigenvalue weighted by atomic mass is 16.5. The van der Waals surface area contributed by atoms with E-state index in [1.54, 1.807) is 24.3 Å². The van der Waals surface area contributed by atoms with Crippen LogP contribution in [0.4, 0.5) is 11.4 Å². The van der Waals surface area contributed by atoms with Crippen molar-refractivity contribution in [3.8, 4) is 5.75 Å². The van der Waals surface area contributed by atoms with Crippen LogP contribution >= 0.6 is 0 Å². The normalized spacial score (nSPS) is 11.6. The van der Waals surface area contributed by atoms with Gasteiger partial charge in [0.2, 0.25) is 5.91 Å². The van der Waals surface area contributed by atoms with Crippen LogP contribution in [0.15, 0.2) is 48.5 Å². The van der Waals surface area contributed by atoms with Crippen molar-refractivity contribution in [2.24, 2.45) is 5.92 Å². The summed E-state index contributed by atoms with van der Waals surface area (Å²) in [5.74, 6) is 0.940. The van der Waals surface area contributed by atoms with E-state index in [2.05, 4.69) is 29.8 Å². The quantitative estimate of drug-likeness (QED) is 0.558. The molecule has 2 amide bonds. The molecule has 1 atom stereocenters. The number of amides is 2. The van der Waals surface area contributed by atoms with Gasteiger partial charge in [0, 0.05) is 23.0 Å². The van der Waals surface area contributed by atoms with E-state index < -0.39 is 0 Å². The topological polar surface area (TPSA) is 79.5 Å². The summed E-state index contributed by atoms with van der Waals surface area (Å²) in [6.07, 6.45) is 0.860. The maximum absolute atomic E-state index is 12.2. The lowest BCUT2D eigenvalue weighted by atomic mass is 10.1. The minimum absolute atomic E-state index is 0.104. The monoisotopic (exact) mass is 397 g/mol. The Kier molecular flexibility index (Phi) is 8.52. The number of nitrogens with one attached hydrogen (secondary N) is 3. The molecular formula is C23H31N3O3. The van der Waals surface area contributed by atoms with Crippen molar-refractivity contribution in [1.82, 2.24) is 5.32 Å². The molecule has 0 fully saturated rings. The molecular weight excluding hydrogens is 366 g/mol. The minimum Gasteiger partial charge on any atom is -0.493 e. The molecule has 2 aromatic rings. The molecule has 0 spiro atoms. The van der Waals surface area contributed by atoms with Crippen molar-refractivity contribution in [3.63, 3.8) is 0 Å². The standard InChI is InChI=1S/C23H31N3O3/c1-5-17(4)25-23(28)18-7-6-8-20(13-18)26-22(27)14-24-19-9-11-21(12-10-19)29-15-16(2)3/h6-13,16-17,24H,5,14-15H2,1-4H3,(H,25,28)(H,26,27). The molecule has 156 valence electrons. The predicted molar refractivity (Wildman–Crippen MR) is 118 cm³/mol. The highest BCUT2D eigenvalue weighted by Crippen LogP contribution is 2.16. The van der Waals surface area contributed by atoms with Gasteiger partial charge in [-0.15, -0.1) is 0 Å². The van der Waals surface area contributed by atoms with Crippen LogP contribution in [0.25, 0.3) is 0 Å². The first kappa shape index (κ1) is 22.3. The minimum atomic E-state index is -0.190. The number of hydrogen-bond donors (Lipinski definition) is 3. The summed E-state index contributed by atoms with van der Waals surface area (Å²) in [5.41, 5.74) is 1.94. The first-order valence-corrected chi connectivity index (χ1v) is 10.0. The van der Waals surface area contributed by atoms with Crippen LogP contribution < -0.4 is 20.7 Å². The second kappa shape index (κ2) is 11.1. The number of carbonyl (C=O) groups excluding carboxylic acids is 2. The summed E-state index contributed by atoms with van der Waals surface area (Å²) in [6.45, 7) is 8.96. The van der Waals surface area contributed by atoms with Gasteiger partial charge in [0.05, 0.1) is 13.2 Å². The number of hydrogen-bond acceptors (Lipinski definition) is 4. The second-order valence-electron chi connectivity index (χ2n) is 7.49. The molecule has 2 aromatic carbocycles. The summed E-state index contributed by atoms with van der Waals surface area (Å²) in [4.78, 5) is 24.5. The lowest BCUT2D eigenvalue weighted by molar-refractivity contribution is -0.114. The Morgan fingerprint density at radius 1 is 1.00 bits per heavy atom. The lowest BCUT2D eigenvalue weighted by Gasteiger charge is -2.13. The van der Waals surface area contributed by atoms with Gasteiger partial charge in [-0.3, -0.25) is 9.59 Å². The molecule has 0 aromatic heterocycles. The van der Waals surface area contributed by atoms with Crippen molar-refractivity contribution in [3.05, 3.63) is 54.1 Å². The number of carbonyl (C=O) groups is 2. The van der Waals surface area contributed by atoms with Crippen LogP contribution in [0.2, 0.25) is 0 Å². The number of ether oxygens (including phenoxy) is 1. The highest BCUT2D eigenvalue weighted by molar-refractivity contribution is 5.98. The van der Waals surface area contributed by atoms with Crippen LogP contribution in [0.3, 0.4) is 0 Å². The average Bonchev–Trinajstić information content (AvgIpc) is 2.71. The van der Waals surface area contributed by atoms with Crippen LogP contribution in [-0.2, 0) is 4.79 Å². The summed E-state index contributed by atoms with van der Waals surface area (Å²) in [7, 11) is 0. The fourth-order valence-electron chi connectivity index (χ4n) is 2.47. The summed E-state index contributed by atoms with van der Waals surface area (Å²) in [5, 5.41) is 8.81. The van der Waals surface area contributed by atoms with Crippen molar-refractivity contribution in [2.75, 3.05) is 23.8 Å². The summed E-state index contributed by atoms with van der Waals surface area (Å²) in [6, 6.07) is 14.5. The Balaban J connectivity index is 1.84. The molecule has 0 aliphatic heterocycles. The van der Waals surface area contributed by atoms with Gasteiger partial charge < -0.3 is 20.7 Å². The van der Waals surface area contributed by atoms with Crippen molar-refractivity contribution < 1.29 is 14.3 Å². The molecule has 0 radical (unpaired) electrons. The average molecular weight is 398 g/mol. The molecule has 0 saturated carbocycles. The van der Waals surface area contributed by atoms with Gasteiger partial charge in [0.15, 0.2) is 0 Å². The van der Waals surface area contributed by atoms with Gasteiger partial charge in [0.25, 0.3) is 5.91 Å². The van der Waals surface area contributed by atoms with E-state index in [0.29, 0.717) is 23.8 Å². The van der Waals surface area contributed by atoms with E-state index in [4.69, 9.17) is 4.74 Å². The van der Waals surface area contributed by atoms with E-state index in [1.807, 2.05) is 38.1 Å². The number of benzene rings is 2. The molecule has 6 heteroatoms. The Morgan fingerprint density at radius 2 is 1.72 bits per heavy atom. The molecule has 0 heterocycles. The maximum Gasteiger partial charge on any atom is 0.251 e. The Morgan fingerprint density at radius 3 is 2.38 bits per heavy atom. The van der Waals surface area contributed by atoms with E-state index in [1.165, 1.54) is 0 Å². The number of rotatable bonds is 10. The molecule has 2 rings (SSSR count). The van der Waals surface area contributed by atoms with Crippen molar-refractivity contribution >= 4 is 23.2 Å². The Bertz CT molecular complexity index is 803. The Hall–Kier alpha value is -3.02. The molecule has 29 heavy (non-hydrogen) atoms. The van der Waals surface area contributed by atoms with Gasteiger partial charge in [-0.1, -0.05) is 26.8 Å². The second-order valence-corrected chi connectivity index (χ2v) is 7.49. The zero-order chi connectivity index (χ0) is 21.2. The lowest BCUT2D eigenvalue weighted by Crippen LogP contribution is -2.32. The molecule has 1 unspecified atom stereocenters.